The van der Waals surface area contributed by atoms with Gasteiger partial charge in [-0.15, -0.1) is 0 Å². The highest BCUT2D eigenvalue weighted by atomic mass is 16.6. The first-order valence-electron chi connectivity index (χ1n) is 6.61. The Balaban J connectivity index is 2.18. The first-order valence-corrected chi connectivity index (χ1v) is 6.61. The smallest absolute Gasteiger partial charge is 0.282 e. The maximum atomic E-state index is 12.4. The van der Waals surface area contributed by atoms with Crippen molar-refractivity contribution in [2.24, 2.45) is 11.8 Å². The lowest BCUT2D eigenvalue weighted by Gasteiger charge is -2.34. The molecule has 0 unspecified atom stereocenters. The molecule has 2 rings (SSSR count). The summed E-state index contributed by atoms with van der Waals surface area (Å²) in [4.78, 5) is 24.3. The Kier molecular flexibility index (Phi) is 4.39. The zero-order chi connectivity index (χ0) is 15.6. The number of rotatable bonds is 5. The SMILES string of the molecule is CN(CC1CC(O)C1)C(=O)c1cc(NN)ccc1[N+](=O)[O-]. The van der Waals surface area contributed by atoms with Crippen LogP contribution in [0, 0.1) is 16.0 Å². The van der Waals surface area contributed by atoms with Gasteiger partial charge in [-0.25, -0.2) is 0 Å². The van der Waals surface area contributed by atoms with Gasteiger partial charge in [-0.3, -0.25) is 20.8 Å². The van der Waals surface area contributed by atoms with Crippen LogP contribution < -0.4 is 11.3 Å². The number of aliphatic hydroxyl groups excluding tert-OH is 1. The monoisotopic (exact) mass is 294 g/mol. The van der Waals surface area contributed by atoms with Crippen LogP contribution in [0.1, 0.15) is 23.2 Å². The van der Waals surface area contributed by atoms with Crippen LogP contribution in [0.15, 0.2) is 18.2 Å². The van der Waals surface area contributed by atoms with Crippen molar-refractivity contribution in [3.8, 4) is 0 Å². The molecule has 0 atom stereocenters. The number of aliphatic hydroxyl groups is 1. The van der Waals surface area contributed by atoms with E-state index in [1.54, 1.807) is 7.05 Å². The maximum absolute atomic E-state index is 12.4. The van der Waals surface area contributed by atoms with Gasteiger partial charge < -0.3 is 15.4 Å². The van der Waals surface area contributed by atoms with E-state index in [4.69, 9.17) is 5.84 Å². The second-order valence-corrected chi connectivity index (χ2v) is 5.31. The predicted octanol–water partition coefficient (Wildman–Crippen LogP) is 0.723. The van der Waals surface area contributed by atoms with Gasteiger partial charge in [0.25, 0.3) is 11.6 Å². The van der Waals surface area contributed by atoms with Crippen molar-refractivity contribution in [3.63, 3.8) is 0 Å². The largest absolute Gasteiger partial charge is 0.393 e. The van der Waals surface area contributed by atoms with Crippen molar-refractivity contribution in [1.29, 1.82) is 0 Å². The Labute approximate surface area is 121 Å². The zero-order valence-corrected chi connectivity index (χ0v) is 11.7. The molecule has 0 bridgehead atoms. The molecular weight excluding hydrogens is 276 g/mol. The molecule has 21 heavy (non-hydrogen) atoms. The van der Waals surface area contributed by atoms with Crippen LogP contribution in [0.2, 0.25) is 0 Å². The van der Waals surface area contributed by atoms with E-state index < -0.39 is 10.8 Å². The molecule has 0 heterocycles. The minimum Gasteiger partial charge on any atom is -0.393 e. The van der Waals surface area contributed by atoms with Gasteiger partial charge in [-0.05, 0) is 30.9 Å². The second kappa shape index (κ2) is 6.06. The summed E-state index contributed by atoms with van der Waals surface area (Å²) in [6.07, 6.45) is 1.02. The average molecular weight is 294 g/mol. The van der Waals surface area contributed by atoms with Gasteiger partial charge in [-0.2, -0.15) is 0 Å². The molecule has 1 fully saturated rings. The molecule has 0 aromatic heterocycles. The zero-order valence-electron chi connectivity index (χ0n) is 11.7. The first-order chi connectivity index (χ1) is 9.92. The molecule has 1 aliphatic carbocycles. The average Bonchev–Trinajstić information content (AvgIpc) is 2.43. The maximum Gasteiger partial charge on any atom is 0.282 e. The first kappa shape index (κ1) is 15.2. The second-order valence-electron chi connectivity index (χ2n) is 5.31. The number of carbonyl (C=O) groups excluding carboxylic acids is 1. The number of carbonyl (C=O) groups is 1. The molecule has 0 radical (unpaired) electrons. The summed E-state index contributed by atoms with van der Waals surface area (Å²) in [6, 6.07) is 4.06. The highest BCUT2D eigenvalue weighted by Crippen LogP contribution is 2.29. The molecule has 1 aromatic carbocycles. The fraction of sp³-hybridized carbons (Fsp3) is 0.462. The standard InChI is InChI=1S/C13H18N4O4/c1-16(7-8-4-10(18)5-8)13(19)11-6-9(15-14)2-3-12(11)17(20)21/h2-3,6,8,10,15,18H,4-5,7,14H2,1H3. The summed E-state index contributed by atoms with van der Waals surface area (Å²) in [5.41, 5.74) is 2.54. The Hall–Kier alpha value is -2.19. The highest BCUT2D eigenvalue weighted by molar-refractivity contribution is 5.99. The number of hydrogen-bond acceptors (Lipinski definition) is 6. The van der Waals surface area contributed by atoms with E-state index in [1.807, 2.05) is 0 Å². The molecule has 1 aliphatic rings. The van der Waals surface area contributed by atoms with Gasteiger partial charge >= 0.3 is 0 Å². The Bertz CT molecular complexity index is 557. The third-order valence-electron chi connectivity index (χ3n) is 3.68. The number of nitrogens with one attached hydrogen (secondary N) is 1. The van der Waals surface area contributed by atoms with Crippen molar-refractivity contribution < 1.29 is 14.8 Å². The number of nitrogens with zero attached hydrogens (tertiary/aromatic N) is 2. The summed E-state index contributed by atoms with van der Waals surface area (Å²) >= 11 is 0. The number of nitrogen functional groups attached to an aromatic ring is 1. The normalized spacial score (nSPS) is 20.5. The van der Waals surface area contributed by atoms with Gasteiger partial charge in [-0.1, -0.05) is 0 Å². The van der Waals surface area contributed by atoms with Gasteiger partial charge in [0.05, 0.1) is 11.0 Å². The van der Waals surface area contributed by atoms with Gasteiger partial charge in [0.1, 0.15) is 5.56 Å². The lowest BCUT2D eigenvalue weighted by atomic mass is 9.82. The third-order valence-corrected chi connectivity index (χ3v) is 3.68. The van der Waals surface area contributed by atoms with E-state index in [2.05, 4.69) is 5.43 Å². The van der Waals surface area contributed by atoms with Crippen molar-refractivity contribution in [1.82, 2.24) is 4.90 Å². The van der Waals surface area contributed by atoms with Crippen molar-refractivity contribution >= 4 is 17.3 Å². The van der Waals surface area contributed by atoms with Crippen LogP contribution in [0.5, 0.6) is 0 Å². The van der Waals surface area contributed by atoms with E-state index in [0.29, 0.717) is 25.1 Å². The Morgan fingerprint density at radius 2 is 2.24 bits per heavy atom. The summed E-state index contributed by atoms with van der Waals surface area (Å²) < 4.78 is 0. The van der Waals surface area contributed by atoms with Crippen LogP contribution in [-0.2, 0) is 0 Å². The van der Waals surface area contributed by atoms with Crippen LogP contribution >= 0.6 is 0 Å². The number of hydrogen-bond donors (Lipinski definition) is 3. The summed E-state index contributed by atoms with van der Waals surface area (Å²) in [7, 11) is 1.60. The van der Waals surface area contributed by atoms with Crippen molar-refractivity contribution in [2.45, 2.75) is 18.9 Å². The van der Waals surface area contributed by atoms with E-state index in [-0.39, 0.29) is 23.3 Å². The fourth-order valence-corrected chi connectivity index (χ4v) is 2.48. The number of benzene rings is 1. The quantitative estimate of drug-likeness (QED) is 0.418. The number of amides is 1. The molecule has 1 aromatic rings. The number of nitro benzene ring substituents is 1. The number of hydrazine groups is 1. The lowest BCUT2D eigenvalue weighted by molar-refractivity contribution is -0.385. The highest BCUT2D eigenvalue weighted by Gasteiger charge is 2.31. The molecule has 8 nitrogen and oxygen atoms in total. The van der Waals surface area contributed by atoms with Crippen LogP contribution in [0.3, 0.4) is 0 Å². The predicted molar refractivity (Wildman–Crippen MR) is 76.6 cm³/mol. The molecule has 1 amide bonds. The van der Waals surface area contributed by atoms with Crippen LogP contribution in [0.25, 0.3) is 0 Å². The molecule has 4 N–H and O–H groups in total. The van der Waals surface area contributed by atoms with E-state index in [0.717, 1.165) is 0 Å². The number of nitro groups is 1. The fourth-order valence-electron chi connectivity index (χ4n) is 2.48. The minimum absolute atomic E-state index is 0.00202. The van der Waals surface area contributed by atoms with Gasteiger partial charge in [0.2, 0.25) is 0 Å². The van der Waals surface area contributed by atoms with Gasteiger partial charge in [0.15, 0.2) is 0 Å². The summed E-state index contributed by atoms with van der Waals surface area (Å²) in [5.74, 6) is 5.08. The molecule has 8 heteroatoms. The van der Waals surface area contributed by atoms with Crippen LogP contribution in [-0.4, -0.2) is 40.5 Å². The molecule has 1 saturated carbocycles. The van der Waals surface area contributed by atoms with Gasteiger partial charge in [0, 0.05) is 25.3 Å². The van der Waals surface area contributed by atoms with E-state index >= 15 is 0 Å². The molecule has 114 valence electrons. The summed E-state index contributed by atoms with van der Waals surface area (Å²) in [5, 5.41) is 20.3. The Morgan fingerprint density at radius 3 is 2.76 bits per heavy atom. The topological polar surface area (TPSA) is 122 Å². The Morgan fingerprint density at radius 1 is 1.57 bits per heavy atom. The lowest BCUT2D eigenvalue weighted by Crippen LogP contribution is -2.39. The summed E-state index contributed by atoms with van der Waals surface area (Å²) in [6.45, 7) is 0.466. The van der Waals surface area contributed by atoms with Crippen molar-refractivity contribution in [3.05, 3.63) is 33.9 Å². The molecule has 0 aliphatic heterocycles. The number of nitrogens with two attached hydrogens (primary N) is 1. The van der Waals surface area contributed by atoms with E-state index in [9.17, 15) is 20.0 Å². The van der Waals surface area contributed by atoms with E-state index in [1.165, 1.54) is 23.1 Å². The number of anilines is 1. The third kappa shape index (κ3) is 3.29. The minimum atomic E-state index is -0.589. The molecule has 0 spiro atoms. The van der Waals surface area contributed by atoms with Crippen LogP contribution in [0.4, 0.5) is 11.4 Å². The molecular formula is C13H18N4O4. The molecule has 0 saturated heterocycles. The van der Waals surface area contributed by atoms with Crippen molar-refractivity contribution in [2.75, 3.05) is 19.0 Å².